The molecule has 0 bridgehead atoms. The molecule has 0 saturated heterocycles. The molecule has 0 aromatic heterocycles. The van der Waals surface area contributed by atoms with Gasteiger partial charge in [-0.05, 0) is 36.6 Å². The van der Waals surface area contributed by atoms with Crippen molar-refractivity contribution in [2.24, 2.45) is 11.7 Å². The molecule has 1 aromatic rings. The molecule has 6 nitrogen and oxygen atoms in total. The molecule has 4 N–H and O–H groups in total. The highest BCUT2D eigenvalue weighted by molar-refractivity contribution is 7.92. The van der Waals surface area contributed by atoms with Gasteiger partial charge in [0.1, 0.15) is 0 Å². The fourth-order valence-corrected chi connectivity index (χ4v) is 2.21. The van der Waals surface area contributed by atoms with Crippen LogP contribution in [0.2, 0.25) is 0 Å². The number of anilines is 2. The second-order valence-electron chi connectivity index (χ2n) is 5.16. The van der Waals surface area contributed by atoms with Crippen LogP contribution < -0.4 is 15.8 Å². The number of nitrogens with two attached hydrogens (primary N) is 1. The zero-order chi connectivity index (χ0) is 15.5. The lowest BCUT2D eigenvalue weighted by atomic mass is 10.0. The maximum absolute atomic E-state index is 11.8. The highest BCUT2D eigenvalue weighted by Gasteiger charge is 2.17. The predicted molar refractivity (Wildman–Crippen MR) is 81.1 cm³/mol. The van der Waals surface area contributed by atoms with Gasteiger partial charge < -0.3 is 11.1 Å². The molecular formula is C13H21N3O3S. The van der Waals surface area contributed by atoms with Crippen LogP contribution in [0.4, 0.5) is 11.4 Å². The molecule has 1 amide bonds. The van der Waals surface area contributed by atoms with E-state index >= 15 is 0 Å². The number of benzene rings is 1. The largest absolute Gasteiger partial charge is 0.325 e. The van der Waals surface area contributed by atoms with E-state index < -0.39 is 16.1 Å². The maximum atomic E-state index is 11.8. The summed E-state index contributed by atoms with van der Waals surface area (Å²) >= 11 is 0. The van der Waals surface area contributed by atoms with E-state index in [0.29, 0.717) is 16.9 Å². The lowest BCUT2D eigenvalue weighted by molar-refractivity contribution is -0.118. The Morgan fingerprint density at radius 1 is 1.30 bits per heavy atom. The van der Waals surface area contributed by atoms with Gasteiger partial charge in [-0.1, -0.05) is 13.8 Å². The monoisotopic (exact) mass is 299 g/mol. The van der Waals surface area contributed by atoms with Crippen LogP contribution in [-0.2, 0) is 14.8 Å². The van der Waals surface area contributed by atoms with E-state index in [1.807, 2.05) is 13.8 Å². The molecule has 112 valence electrons. The minimum atomic E-state index is -3.32. The Kier molecular flexibility index (Phi) is 5.13. The van der Waals surface area contributed by atoms with E-state index in [2.05, 4.69) is 10.0 Å². The third-order valence-corrected chi connectivity index (χ3v) is 3.40. The predicted octanol–water partition coefficient (Wildman–Crippen LogP) is 1.29. The second kappa shape index (κ2) is 6.23. The average Bonchev–Trinajstić information content (AvgIpc) is 2.30. The van der Waals surface area contributed by atoms with Gasteiger partial charge in [0.05, 0.1) is 18.0 Å². The zero-order valence-corrected chi connectivity index (χ0v) is 12.9. The number of nitrogens with one attached hydrogen (secondary N) is 2. The van der Waals surface area contributed by atoms with E-state index in [1.165, 1.54) is 0 Å². The first-order chi connectivity index (χ1) is 9.10. The van der Waals surface area contributed by atoms with Crippen molar-refractivity contribution in [2.75, 3.05) is 16.3 Å². The summed E-state index contributed by atoms with van der Waals surface area (Å²) < 4.78 is 24.8. The van der Waals surface area contributed by atoms with Crippen molar-refractivity contribution in [1.29, 1.82) is 0 Å². The van der Waals surface area contributed by atoms with Crippen LogP contribution in [0.5, 0.6) is 0 Å². The molecule has 7 heteroatoms. The summed E-state index contributed by atoms with van der Waals surface area (Å²) in [6.07, 6.45) is 1.09. The van der Waals surface area contributed by atoms with Crippen molar-refractivity contribution in [1.82, 2.24) is 0 Å². The zero-order valence-electron chi connectivity index (χ0n) is 12.1. The van der Waals surface area contributed by atoms with Gasteiger partial charge in [0.2, 0.25) is 15.9 Å². The normalized spacial score (nSPS) is 13.1. The Hall–Kier alpha value is -1.60. The van der Waals surface area contributed by atoms with Crippen molar-refractivity contribution in [3.63, 3.8) is 0 Å². The first-order valence-electron chi connectivity index (χ1n) is 6.25. The van der Waals surface area contributed by atoms with Crippen LogP contribution >= 0.6 is 0 Å². The average molecular weight is 299 g/mol. The minimum Gasteiger partial charge on any atom is -0.325 e. The summed E-state index contributed by atoms with van der Waals surface area (Å²) in [6.45, 7) is 5.49. The lowest BCUT2D eigenvalue weighted by Crippen LogP contribution is -2.39. The van der Waals surface area contributed by atoms with E-state index in [4.69, 9.17) is 5.73 Å². The molecule has 0 unspecified atom stereocenters. The van der Waals surface area contributed by atoms with Gasteiger partial charge in [0.25, 0.3) is 0 Å². The van der Waals surface area contributed by atoms with Crippen molar-refractivity contribution >= 4 is 27.3 Å². The number of sulfonamides is 1. The molecule has 0 fully saturated rings. The molecule has 20 heavy (non-hydrogen) atoms. The standard InChI is InChI=1S/C13H21N3O3S/c1-8(2)12(14)13(17)15-10-5-6-11(9(3)7-10)16-20(4,18)19/h5-8,12,16H,14H2,1-4H3,(H,15,17)/t12-/m0/s1. The summed E-state index contributed by atoms with van der Waals surface area (Å²) in [7, 11) is -3.32. The SMILES string of the molecule is Cc1cc(NC(=O)[C@@H](N)C(C)C)ccc1NS(C)(=O)=O. The molecule has 0 aliphatic carbocycles. The van der Waals surface area contributed by atoms with Gasteiger partial charge in [0, 0.05) is 5.69 Å². The third kappa shape index (κ3) is 4.82. The number of rotatable bonds is 5. The third-order valence-electron chi connectivity index (χ3n) is 2.81. The fraction of sp³-hybridized carbons (Fsp3) is 0.462. The van der Waals surface area contributed by atoms with Crippen LogP contribution in [-0.4, -0.2) is 26.6 Å². The van der Waals surface area contributed by atoms with Crippen molar-refractivity contribution < 1.29 is 13.2 Å². The summed E-state index contributed by atoms with van der Waals surface area (Å²) in [5.74, 6) is -0.217. The van der Waals surface area contributed by atoms with Gasteiger partial charge in [-0.3, -0.25) is 9.52 Å². The second-order valence-corrected chi connectivity index (χ2v) is 6.91. The first-order valence-corrected chi connectivity index (χ1v) is 8.14. The number of hydrogen-bond donors (Lipinski definition) is 3. The topological polar surface area (TPSA) is 101 Å². The Morgan fingerprint density at radius 3 is 2.35 bits per heavy atom. The van der Waals surface area contributed by atoms with Crippen LogP contribution in [0.1, 0.15) is 19.4 Å². The molecule has 0 heterocycles. The Balaban J connectivity index is 2.85. The smallest absolute Gasteiger partial charge is 0.241 e. The molecule has 0 aliphatic heterocycles. The number of aryl methyl sites for hydroxylation is 1. The van der Waals surface area contributed by atoms with Crippen molar-refractivity contribution in [3.05, 3.63) is 23.8 Å². The number of carbonyl (C=O) groups excluding carboxylic acids is 1. The fourth-order valence-electron chi connectivity index (χ4n) is 1.58. The number of amides is 1. The van der Waals surface area contributed by atoms with E-state index in [-0.39, 0.29) is 11.8 Å². The van der Waals surface area contributed by atoms with Gasteiger partial charge in [0.15, 0.2) is 0 Å². The summed E-state index contributed by atoms with van der Waals surface area (Å²) in [4.78, 5) is 11.8. The van der Waals surface area contributed by atoms with E-state index in [9.17, 15) is 13.2 Å². The van der Waals surface area contributed by atoms with Crippen LogP contribution in [0.15, 0.2) is 18.2 Å². The van der Waals surface area contributed by atoms with Gasteiger partial charge in [-0.25, -0.2) is 8.42 Å². The molecule has 0 spiro atoms. The first kappa shape index (κ1) is 16.5. The Morgan fingerprint density at radius 2 is 1.90 bits per heavy atom. The van der Waals surface area contributed by atoms with Crippen molar-refractivity contribution in [3.8, 4) is 0 Å². The Labute approximate surface area is 119 Å². The number of hydrogen-bond acceptors (Lipinski definition) is 4. The van der Waals surface area contributed by atoms with Crippen LogP contribution in [0.3, 0.4) is 0 Å². The Bertz CT molecular complexity index is 597. The lowest BCUT2D eigenvalue weighted by Gasteiger charge is -2.16. The summed E-state index contributed by atoms with van der Waals surface area (Å²) in [6, 6.07) is 4.35. The number of carbonyl (C=O) groups is 1. The molecule has 1 aromatic carbocycles. The summed E-state index contributed by atoms with van der Waals surface area (Å²) in [5, 5.41) is 2.71. The van der Waals surface area contributed by atoms with Gasteiger partial charge >= 0.3 is 0 Å². The molecule has 0 radical (unpaired) electrons. The van der Waals surface area contributed by atoms with Crippen LogP contribution in [0.25, 0.3) is 0 Å². The highest BCUT2D eigenvalue weighted by Crippen LogP contribution is 2.20. The van der Waals surface area contributed by atoms with Gasteiger partial charge in [-0.15, -0.1) is 0 Å². The highest BCUT2D eigenvalue weighted by atomic mass is 32.2. The molecule has 1 atom stereocenters. The molecule has 1 rings (SSSR count). The molecular weight excluding hydrogens is 278 g/mol. The minimum absolute atomic E-state index is 0.0438. The van der Waals surface area contributed by atoms with Crippen molar-refractivity contribution in [2.45, 2.75) is 26.8 Å². The van der Waals surface area contributed by atoms with E-state index in [0.717, 1.165) is 6.26 Å². The van der Waals surface area contributed by atoms with Gasteiger partial charge in [-0.2, -0.15) is 0 Å². The van der Waals surface area contributed by atoms with Crippen LogP contribution in [0, 0.1) is 12.8 Å². The maximum Gasteiger partial charge on any atom is 0.241 e. The molecule has 0 saturated carbocycles. The quantitative estimate of drug-likeness (QED) is 0.762. The van der Waals surface area contributed by atoms with E-state index in [1.54, 1.807) is 25.1 Å². The summed E-state index contributed by atoms with van der Waals surface area (Å²) in [5.41, 5.74) is 7.54. The molecule has 0 aliphatic rings.